The summed E-state index contributed by atoms with van der Waals surface area (Å²) < 4.78 is 43.5. The molecule has 0 fully saturated rings. The molecule has 0 spiro atoms. The molecule has 0 unspecified atom stereocenters. The van der Waals surface area contributed by atoms with Gasteiger partial charge in [-0.25, -0.2) is 8.78 Å². The van der Waals surface area contributed by atoms with Gasteiger partial charge in [-0.1, -0.05) is 6.92 Å². The van der Waals surface area contributed by atoms with Crippen LogP contribution < -0.4 is 4.74 Å². The normalized spacial score (nSPS) is 11.6. The smallest absolute Gasteiger partial charge is 0.253 e. The van der Waals surface area contributed by atoms with Crippen LogP contribution in [-0.4, -0.2) is 10.6 Å². The Hall–Kier alpha value is -1.26. The van der Waals surface area contributed by atoms with Crippen molar-refractivity contribution in [3.63, 3.8) is 0 Å². The van der Waals surface area contributed by atoms with E-state index in [1.54, 1.807) is 13.8 Å². The Labute approximate surface area is 86.1 Å². The summed E-state index contributed by atoms with van der Waals surface area (Å²) in [6, 6.07) is 0.420. The summed E-state index contributed by atoms with van der Waals surface area (Å²) in [6.07, 6.45) is 0.590. The van der Waals surface area contributed by atoms with Crippen LogP contribution in [0.2, 0.25) is 0 Å². The van der Waals surface area contributed by atoms with E-state index in [0.717, 1.165) is 0 Å². The number of halogens is 3. The molecule has 1 rings (SSSR count). The topological polar surface area (TPSA) is 22.1 Å². The molecule has 5 heteroatoms. The molecule has 0 aromatic carbocycles. The van der Waals surface area contributed by atoms with Crippen molar-refractivity contribution in [2.24, 2.45) is 0 Å². The SMILES string of the molecule is CCC(C)(C)Oc1nc(F)c(F)cc1F. The number of rotatable bonds is 3. The predicted molar refractivity (Wildman–Crippen MR) is 49.1 cm³/mol. The maximum absolute atomic E-state index is 13.1. The predicted octanol–water partition coefficient (Wildman–Crippen LogP) is 3.07. The maximum atomic E-state index is 13.1. The van der Waals surface area contributed by atoms with Crippen LogP contribution in [0.3, 0.4) is 0 Å². The van der Waals surface area contributed by atoms with Crippen LogP contribution in [0.4, 0.5) is 13.2 Å². The fourth-order valence-corrected chi connectivity index (χ4v) is 0.834. The Balaban J connectivity index is 3.01. The first-order chi connectivity index (χ1) is 6.85. The molecule has 15 heavy (non-hydrogen) atoms. The van der Waals surface area contributed by atoms with Crippen LogP contribution in [-0.2, 0) is 0 Å². The van der Waals surface area contributed by atoms with Crippen LogP contribution >= 0.6 is 0 Å². The van der Waals surface area contributed by atoms with Crippen LogP contribution in [0.1, 0.15) is 27.2 Å². The second-order valence-electron chi connectivity index (χ2n) is 3.76. The van der Waals surface area contributed by atoms with Crippen LogP contribution in [0.25, 0.3) is 0 Å². The van der Waals surface area contributed by atoms with E-state index in [4.69, 9.17) is 4.74 Å². The van der Waals surface area contributed by atoms with Gasteiger partial charge in [-0.2, -0.15) is 9.37 Å². The molecule has 0 radical (unpaired) electrons. The van der Waals surface area contributed by atoms with Crippen molar-refractivity contribution >= 4 is 0 Å². The van der Waals surface area contributed by atoms with E-state index in [1.807, 2.05) is 6.92 Å². The Morgan fingerprint density at radius 1 is 1.27 bits per heavy atom. The molecule has 2 nitrogen and oxygen atoms in total. The van der Waals surface area contributed by atoms with Gasteiger partial charge in [0.1, 0.15) is 5.60 Å². The van der Waals surface area contributed by atoms with Gasteiger partial charge in [-0.05, 0) is 20.3 Å². The number of pyridine rings is 1. The van der Waals surface area contributed by atoms with Gasteiger partial charge in [-0.15, -0.1) is 0 Å². The van der Waals surface area contributed by atoms with E-state index in [-0.39, 0.29) is 0 Å². The molecule has 1 aromatic rings. The third-order valence-corrected chi connectivity index (χ3v) is 2.08. The van der Waals surface area contributed by atoms with Crippen molar-refractivity contribution in [1.29, 1.82) is 0 Å². The van der Waals surface area contributed by atoms with Gasteiger partial charge in [0, 0.05) is 6.07 Å². The maximum Gasteiger partial charge on any atom is 0.253 e. The number of nitrogens with zero attached hydrogens (tertiary/aromatic N) is 1. The van der Waals surface area contributed by atoms with E-state index in [2.05, 4.69) is 4.98 Å². The van der Waals surface area contributed by atoms with Crippen molar-refractivity contribution in [2.75, 3.05) is 0 Å². The Morgan fingerprint density at radius 2 is 1.87 bits per heavy atom. The molecule has 1 aromatic heterocycles. The van der Waals surface area contributed by atoms with Crippen LogP contribution in [0, 0.1) is 17.6 Å². The van der Waals surface area contributed by atoms with Gasteiger partial charge >= 0.3 is 0 Å². The third kappa shape index (κ3) is 2.84. The van der Waals surface area contributed by atoms with Crippen molar-refractivity contribution in [1.82, 2.24) is 4.98 Å². The van der Waals surface area contributed by atoms with Crippen molar-refractivity contribution in [2.45, 2.75) is 32.8 Å². The Bertz CT molecular complexity index is 366. The molecular weight excluding hydrogens is 207 g/mol. The lowest BCUT2D eigenvalue weighted by Crippen LogP contribution is -2.28. The zero-order valence-electron chi connectivity index (χ0n) is 8.77. The molecule has 0 aliphatic rings. The molecule has 0 aliphatic heterocycles. The standard InChI is InChI=1S/C10H12F3NO/c1-4-10(2,3)15-9-7(12)5-6(11)8(13)14-9/h5H,4H2,1-3H3. The lowest BCUT2D eigenvalue weighted by Gasteiger charge is -2.24. The Morgan fingerprint density at radius 3 is 2.40 bits per heavy atom. The average Bonchev–Trinajstić information content (AvgIpc) is 2.14. The van der Waals surface area contributed by atoms with E-state index >= 15 is 0 Å². The minimum atomic E-state index is -1.36. The zero-order valence-corrected chi connectivity index (χ0v) is 8.77. The number of hydrogen-bond donors (Lipinski definition) is 0. The molecule has 0 saturated heterocycles. The summed E-state index contributed by atoms with van der Waals surface area (Å²) in [6.45, 7) is 5.24. The summed E-state index contributed by atoms with van der Waals surface area (Å²) in [4.78, 5) is 3.07. The number of aromatic nitrogens is 1. The van der Waals surface area contributed by atoms with E-state index in [9.17, 15) is 13.2 Å². The Kier molecular flexibility index (Phi) is 3.21. The molecule has 0 N–H and O–H groups in total. The first kappa shape index (κ1) is 11.8. The second-order valence-corrected chi connectivity index (χ2v) is 3.76. The lowest BCUT2D eigenvalue weighted by atomic mass is 10.1. The highest BCUT2D eigenvalue weighted by molar-refractivity contribution is 5.16. The molecule has 1 heterocycles. The van der Waals surface area contributed by atoms with Gasteiger partial charge in [0.15, 0.2) is 11.6 Å². The zero-order chi connectivity index (χ0) is 11.6. The summed E-state index contributed by atoms with van der Waals surface area (Å²) >= 11 is 0. The number of ether oxygens (including phenoxy) is 1. The molecule has 0 atom stereocenters. The second kappa shape index (κ2) is 4.08. The highest BCUT2D eigenvalue weighted by Crippen LogP contribution is 2.23. The van der Waals surface area contributed by atoms with E-state index in [1.165, 1.54) is 0 Å². The summed E-state index contributed by atoms with van der Waals surface area (Å²) in [5, 5.41) is 0. The fourth-order valence-electron chi connectivity index (χ4n) is 0.834. The fraction of sp³-hybridized carbons (Fsp3) is 0.500. The minimum absolute atomic E-state index is 0.420. The van der Waals surface area contributed by atoms with Gasteiger partial charge in [-0.3, -0.25) is 0 Å². The van der Waals surface area contributed by atoms with Crippen LogP contribution in [0.15, 0.2) is 6.07 Å². The monoisotopic (exact) mass is 219 g/mol. The van der Waals surface area contributed by atoms with Gasteiger partial charge in [0.25, 0.3) is 11.8 Å². The highest BCUT2D eigenvalue weighted by Gasteiger charge is 2.21. The largest absolute Gasteiger partial charge is 0.470 e. The van der Waals surface area contributed by atoms with Crippen molar-refractivity contribution in [3.05, 3.63) is 23.6 Å². The molecular formula is C10H12F3NO. The van der Waals surface area contributed by atoms with Crippen molar-refractivity contribution < 1.29 is 17.9 Å². The van der Waals surface area contributed by atoms with Gasteiger partial charge < -0.3 is 4.74 Å². The van der Waals surface area contributed by atoms with Crippen molar-refractivity contribution in [3.8, 4) is 5.88 Å². The highest BCUT2D eigenvalue weighted by atomic mass is 19.2. The molecule has 84 valence electrons. The lowest BCUT2D eigenvalue weighted by molar-refractivity contribution is 0.0910. The number of hydrogen-bond acceptors (Lipinski definition) is 2. The van der Waals surface area contributed by atoms with Gasteiger partial charge in [0.2, 0.25) is 0 Å². The molecule has 0 saturated carbocycles. The first-order valence-electron chi connectivity index (χ1n) is 4.56. The average molecular weight is 219 g/mol. The third-order valence-electron chi connectivity index (χ3n) is 2.08. The quantitative estimate of drug-likeness (QED) is 0.729. The minimum Gasteiger partial charge on any atom is -0.470 e. The molecule has 0 amide bonds. The van der Waals surface area contributed by atoms with Gasteiger partial charge in [0.05, 0.1) is 0 Å². The molecule has 0 bridgehead atoms. The summed E-state index contributed by atoms with van der Waals surface area (Å²) in [7, 11) is 0. The first-order valence-corrected chi connectivity index (χ1v) is 4.56. The molecule has 0 aliphatic carbocycles. The summed E-state index contributed by atoms with van der Waals surface area (Å²) in [5.74, 6) is -4.20. The van der Waals surface area contributed by atoms with E-state index < -0.39 is 29.1 Å². The van der Waals surface area contributed by atoms with E-state index in [0.29, 0.717) is 12.5 Å². The summed E-state index contributed by atoms with van der Waals surface area (Å²) in [5.41, 5.74) is -0.669. The van der Waals surface area contributed by atoms with Crippen LogP contribution in [0.5, 0.6) is 5.88 Å².